The molecule has 0 saturated carbocycles. The van der Waals surface area contributed by atoms with Gasteiger partial charge >= 0.3 is 6.03 Å². The predicted molar refractivity (Wildman–Crippen MR) is 111 cm³/mol. The van der Waals surface area contributed by atoms with Crippen molar-refractivity contribution in [2.45, 2.75) is 13.0 Å². The molecule has 1 atom stereocenters. The molecule has 1 heterocycles. The molecule has 3 amide bonds. The minimum Gasteiger partial charge on any atom is -0.326 e. The standard InChI is InChI=1S/C19H16BrCl2N3O2/c1-10-16(18(26)23-13-6-3-11(20)4-7-13)17(24-19(27)25(10)2)14-8-5-12(21)9-15(14)22/h3-9,17H,1-2H3,(H,23,26)(H,24,27). The third-order valence-corrected chi connectivity index (χ3v) is 5.47. The molecule has 1 aliphatic heterocycles. The van der Waals surface area contributed by atoms with Crippen molar-refractivity contribution >= 4 is 56.8 Å². The van der Waals surface area contributed by atoms with Crippen molar-refractivity contribution in [3.05, 3.63) is 73.8 Å². The monoisotopic (exact) mass is 467 g/mol. The summed E-state index contributed by atoms with van der Waals surface area (Å²) in [5.41, 5.74) is 2.19. The van der Waals surface area contributed by atoms with Crippen LogP contribution in [0.5, 0.6) is 0 Å². The van der Waals surface area contributed by atoms with E-state index in [2.05, 4.69) is 26.6 Å². The highest BCUT2D eigenvalue weighted by atomic mass is 79.9. The lowest BCUT2D eigenvalue weighted by atomic mass is 9.94. The Morgan fingerprint density at radius 2 is 1.85 bits per heavy atom. The number of carbonyl (C=O) groups is 2. The Kier molecular flexibility index (Phi) is 5.79. The van der Waals surface area contributed by atoms with Crippen LogP contribution in [0.25, 0.3) is 0 Å². The van der Waals surface area contributed by atoms with Gasteiger partial charge in [-0.25, -0.2) is 4.79 Å². The molecule has 0 spiro atoms. The molecule has 2 aromatic carbocycles. The van der Waals surface area contributed by atoms with Crippen LogP contribution in [0.3, 0.4) is 0 Å². The van der Waals surface area contributed by atoms with E-state index in [4.69, 9.17) is 23.2 Å². The minimum absolute atomic E-state index is 0.316. The summed E-state index contributed by atoms with van der Waals surface area (Å²) in [4.78, 5) is 26.8. The Bertz CT molecular complexity index is 944. The lowest BCUT2D eigenvalue weighted by Crippen LogP contribution is -2.46. The van der Waals surface area contributed by atoms with E-state index in [0.717, 1.165) is 4.47 Å². The largest absolute Gasteiger partial charge is 0.326 e. The normalized spacial score (nSPS) is 17.0. The summed E-state index contributed by atoms with van der Waals surface area (Å²) >= 11 is 15.7. The van der Waals surface area contributed by atoms with Gasteiger partial charge in [0.25, 0.3) is 5.91 Å². The third-order valence-electron chi connectivity index (χ3n) is 4.37. The highest BCUT2D eigenvalue weighted by Gasteiger charge is 2.35. The fraction of sp³-hybridized carbons (Fsp3) is 0.158. The zero-order valence-electron chi connectivity index (χ0n) is 14.5. The van der Waals surface area contributed by atoms with Gasteiger partial charge in [0, 0.05) is 33.0 Å². The van der Waals surface area contributed by atoms with Crippen LogP contribution in [0.15, 0.2) is 58.2 Å². The summed E-state index contributed by atoms with van der Waals surface area (Å²) in [6.07, 6.45) is 0. The number of amides is 3. The average molecular weight is 469 g/mol. The summed E-state index contributed by atoms with van der Waals surface area (Å²) < 4.78 is 0.909. The fourth-order valence-electron chi connectivity index (χ4n) is 2.83. The van der Waals surface area contributed by atoms with Crippen molar-refractivity contribution in [3.63, 3.8) is 0 Å². The van der Waals surface area contributed by atoms with Crippen LogP contribution < -0.4 is 10.6 Å². The van der Waals surface area contributed by atoms with E-state index in [1.54, 1.807) is 44.3 Å². The van der Waals surface area contributed by atoms with E-state index in [-0.39, 0.29) is 11.9 Å². The summed E-state index contributed by atoms with van der Waals surface area (Å²) in [7, 11) is 1.61. The number of nitrogens with zero attached hydrogens (tertiary/aromatic N) is 1. The summed E-state index contributed by atoms with van der Waals surface area (Å²) in [5, 5.41) is 6.55. The molecule has 0 aliphatic carbocycles. The van der Waals surface area contributed by atoms with E-state index in [9.17, 15) is 9.59 Å². The van der Waals surface area contributed by atoms with Gasteiger partial charge in [-0.05, 0) is 48.9 Å². The van der Waals surface area contributed by atoms with E-state index in [1.807, 2.05) is 12.1 Å². The zero-order valence-corrected chi connectivity index (χ0v) is 17.6. The molecule has 2 aromatic rings. The first-order chi connectivity index (χ1) is 12.8. The van der Waals surface area contributed by atoms with Crippen molar-refractivity contribution < 1.29 is 9.59 Å². The van der Waals surface area contributed by atoms with Gasteiger partial charge in [-0.1, -0.05) is 45.2 Å². The number of hydrogen-bond acceptors (Lipinski definition) is 2. The zero-order chi connectivity index (χ0) is 19.7. The fourth-order valence-corrected chi connectivity index (χ4v) is 3.61. The number of rotatable bonds is 3. The van der Waals surface area contributed by atoms with Crippen LogP contribution in [0, 0.1) is 0 Å². The van der Waals surface area contributed by atoms with Gasteiger partial charge in [0.2, 0.25) is 0 Å². The van der Waals surface area contributed by atoms with Crippen molar-refractivity contribution in [2.75, 3.05) is 12.4 Å². The smallest absolute Gasteiger partial charge is 0.322 e. The van der Waals surface area contributed by atoms with Crippen molar-refractivity contribution in [3.8, 4) is 0 Å². The SMILES string of the molecule is CC1=C(C(=O)Nc2ccc(Br)cc2)C(c2ccc(Cl)cc2Cl)NC(=O)N1C. The number of nitrogens with one attached hydrogen (secondary N) is 2. The first kappa shape index (κ1) is 19.7. The molecule has 5 nitrogen and oxygen atoms in total. The third kappa shape index (κ3) is 4.13. The van der Waals surface area contributed by atoms with E-state index >= 15 is 0 Å². The summed E-state index contributed by atoms with van der Waals surface area (Å²) in [5.74, 6) is -0.322. The first-order valence-electron chi connectivity index (χ1n) is 8.05. The molecule has 0 radical (unpaired) electrons. The topological polar surface area (TPSA) is 61.4 Å². The predicted octanol–water partition coefficient (Wildman–Crippen LogP) is 5.36. The molecule has 1 aliphatic rings. The van der Waals surface area contributed by atoms with Crippen LogP contribution in [0.4, 0.5) is 10.5 Å². The van der Waals surface area contributed by atoms with E-state index in [0.29, 0.717) is 32.6 Å². The van der Waals surface area contributed by atoms with E-state index in [1.165, 1.54) is 4.90 Å². The second-order valence-electron chi connectivity index (χ2n) is 6.07. The van der Waals surface area contributed by atoms with Gasteiger partial charge in [0.1, 0.15) is 0 Å². The Morgan fingerprint density at radius 1 is 1.19 bits per heavy atom. The molecule has 140 valence electrons. The number of urea groups is 1. The van der Waals surface area contributed by atoms with Crippen LogP contribution in [-0.4, -0.2) is 23.9 Å². The number of carbonyl (C=O) groups excluding carboxylic acids is 2. The molecule has 0 saturated heterocycles. The first-order valence-corrected chi connectivity index (χ1v) is 9.59. The minimum atomic E-state index is -0.686. The van der Waals surface area contributed by atoms with Crippen molar-refractivity contribution in [1.82, 2.24) is 10.2 Å². The summed E-state index contributed by atoms with van der Waals surface area (Å²) in [6.45, 7) is 1.73. The molecule has 27 heavy (non-hydrogen) atoms. The van der Waals surface area contributed by atoms with Gasteiger partial charge in [-0.15, -0.1) is 0 Å². The Hall–Kier alpha value is -2.02. The van der Waals surface area contributed by atoms with Gasteiger partial charge in [0.15, 0.2) is 0 Å². The second-order valence-corrected chi connectivity index (χ2v) is 7.83. The second kappa shape index (κ2) is 7.92. The van der Waals surface area contributed by atoms with Crippen molar-refractivity contribution in [1.29, 1.82) is 0 Å². The molecule has 0 aromatic heterocycles. The maximum absolute atomic E-state index is 13.0. The lowest BCUT2D eigenvalue weighted by Gasteiger charge is -2.34. The highest BCUT2D eigenvalue weighted by molar-refractivity contribution is 9.10. The number of allylic oxidation sites excluding steroid dienone is 1. The van der Waals surface area contributed by atoms with Gasteiger partial charge < -0.3 is 15.5 Å². The van der Waals surface area contributed by atoms with Gasteiger partial charge in [0.05, 0.1) is 11.6 Å². The Balaban J connectivity index is 2.02. The average Bonchev–Trinajstić information content (AvgIpc) is 2.61. The molecular weight excluding hydrogens is 453 g/mol. The molecule has 0 fully saturated rings. The maximum atomic E-state index is 13.0. The molecule has 0 bridgehead atoms. The molecule has 8 heteroatoms. The van der Waals surface area contributed by atoms with Crippen LogP contribution in [0.1, 0.15) is 18.5 Å². The number of halogens is 3. The number of benzene rings is 2. The van der Waals surface area contributed by atoms with Crippen LogP contribution in [-0.2, 0) is 4.79 Å². The molecule has 1 unspecified atom stereocenters. The van der Waals surface area contributed by atoms with E-state index < -0.39 is 6.04 Å². The maximum Gasteiger partial charge on any atom is 0.322 e. The summed E-state index contributed by atoms with van der Waals surface area (Å²) in [6, 6.07) is 11.2. The number of anilines is 1. The van der Waals surface area contributed by atoms with Gasteiger partial charge in [-0.3, -0.25) is 4.79 Å². The van der Waals surface area contributed by atoms with Crippen LogP contribution in [0.2, 0.25) is 10.0 Å². The quantitative estimate of drug-likeness (QED) is 0.636. The number of hydrogen-bond donors (Lipinski definition) is 2. The Morgan fingerprint density at radius 3 is 2.48 bits per heavy atom. The molecule has 3 rings (SSSR count). The van der Waals surface area contributed by atoms with Crippen molar-refractivity contribution in [2.24, 2.45) is 0 Å². The molecule has 2 N–H and O–H groups in total. The van der Waals surface area contributed by atoms with Crippen LogP contribution >= 0.6 is 39.1 Å². The molecular formula is C19H16BrCl2N3O2. The van der Waals surface area contributed by atoms with Gasteiger partial charge in [-0.2, -0.15) is 0 Å². The lowest BCUT2D eigenvalue weighted by molar-refractivity contribution is -0.113. The Labute approximate surface area is 175 Å². The highest BCUT2D eigenvalue weighted by Crippen LogP contribution is 2.35.